The molecule has 0 amide bonds. The number of halogens is 1. The molecule has 0 unspecified atom stereocenters. The average Bonchev–Trinajstić information content (AvgIpc) is 2.71. The lowest BCUT2D eigenvalue weighted by atomic mass is 10.2. The van der Waals surface area contributed by atoms with E-state index in [0.29, 0.717) is 12.4 Å². The Balaban J connectivity index is 2.12. The molecule has 0 saturated heterocycles. The zero-order valence-electron chi connectivity index (χ0n) is 12.3. The Kier molecular flexibility index (Phi) is 4.40. The van der Waals surface area contributed by atoms with Crippen LogP contribution < -0.4 is 0 Å². The summed E-state index contributed by atoms with van der Waals surface area (Å²) in [6, 6.07) is 5.77. The van der Waals surface area contributed by atoms with E-state index in [4.69, 9.17) is 4.74 Å². The van der Waals surface area contributed by atoms with Crippen LogP contribution in [0.25, 0.3) is 17.0 Å². The monoisotopic (exact) mass is 292 g/mol. The van der Waals surface area contributed by atoms with Gasteiger partial charge in [0.1, 0.15) is 12.5 Å². The summed E-state index contributed by atoms with van der Waals surface area (Å²) < 4.78 is 20.8. The van der Waals surface area contributed by atoms with Crippen LogP contribution in [0.2, 0.25) is 25.7 Å². The van der Waals surface area contributed by atoms with Crippen LogP contribution in [0, 0.1) is 5.82 Å². The molecule has 0 atom stereocenters. The molecule has 5 heteroatoms. The molecule has 2 aromatic rings. The minimum atomic E-state index is -1.08. The first-order chi connectivity index (χ1) is 9.40. The predicted molar refractivity (Wildman–Crippen MR) is 83.9 cm³/mol. The van der Waals surface area contributed by atoms with Crippen LogP contribution in [0.5, 0.6) is 0 Å². The zero-order chi connectivity index (χ0) is 14.8. The van der Waals surface area contributed by atoms with Gasteiger partial charge in [-0.1, -0.05) is 26.2 Å². The second kappa shape index (κ2) is 5.89. The molecule has 0 N–H and O–H groups in total. The maximum atomic E-state index is 13.3. The molecule has 0 fully saturated rings. The number of hydrogen-bond donors (Lipinski definition) is 0. The smallest absolute Gasteiger partial charge is 0.140 e. The molecule has 0 radical (unpaired) electrons. The Hall–Kier alpha value is -1.46. The fourth-order valence-corrected chi connectivity index (χ4v) is 2.71. The van der Waals surface area contributed by atoms with Crippen molar-refractivity contribution in [2.45, 2.75) is 32.4 Å². The molecule has 20 heavy (non-hydrogen) atoms. The van der Waals surface area contributed by atoms with Gasteiger partial charge in [-0.2, -0.15) is 5.10 Å². The first-order valence-corrected chi connectivity index (χ1v) is 10.5. The Labute approximate surface area is 120 Å². The van der Waals surface area contributed by atoms with Crippen LogP contribution in [0.15, 0.2) is 24.8 Å². The van der Waals surface area contributed by atoms with E-state index in [9.17, 15) is 4.39 Å². The van der Waals surface area contributed by atoms with Crippen molar-refractivity contribution in [3.63, 3.8) is 0 Å². The highest BCUT2D eigenvalue weighted by molar-refractivity contribution is 6.76. The van der Waals surface area contributed by atoms with E-state index in [1.54, 1.807) is 16.8 Å². The van der Waals surface area contributed by atoms with Gasteiger partial charge in [0, 0.05) is 20.1 Å². The maximum Gasteiger partial charge on any atom is 0.140 e. The van der Waals surface area contributed by atoms with Gasteiger partial charge in [-0.3, -0.25) is 0 Å². The second-order valence-electron chi connectivity index (χ2n) is 6.10. The standard InChI is InChI=1S/C15H21FN2OSi/c1-5-14-13-10-12(16)6-7-15(13)18(17-14)11-19-8-9-20(2,3)4/h5-7,10H,1,8-9,11H2,2-4H3. The summed E-state index contributed by atoms with van der Waals surface area (Å²) in [7, 11) is -1.08. The van der Waals surface area contributed by atoms with Crippen LogP contribution in [0.1, 0.15) is 5.69 Å². The number of nitrogens with zero attached hydrogens (tertiary/aromatic N) is 2. The second-order valence-corrected chi connectivity index (χ2v) is 11.7. The maximum absolute atomic E-state index is 13.3. The van der Waals surface area contributed by atoms with Gasteiger partial charge in [-0.05, 0) is 30.3 Å². The van der Waals surface area contributed by atoms with Gasteiger partial charge in [0.15, 0.2) is 0 Å². The quantitative estimate of drug-likeness (QED) is 0.591. The van der Waals surface area contributed by atoms with Gasteiger partial charge < -0.3 is 4.74 Å². The summed E-state index contributed by atoms with van der Waals surface area (Å²) in [5.74, 6) is -0.264. The van der Waals surface area contributed by atoms with Crippen LogP contribution in [-0.4, -0.2) is 24.5 Å². The third-order valence-electron chi connectivity index (χ3n) is 3.14. The van der Waals surface area contributed by atoms with Crippen molar-refractivity contribution in [3.05, 3.63) is 36.3 Å². The van der Waals surface area contributed by atoms with Crippen LogP contribution in [-0.2, 0) is 11.5 Å². The number of benzene rings is 1. The number of aromatic nitrogens is 2. The summed E-state index contributed by atoms with van der Waals surface area (Å²) in [5, 5.41) is 5.17. The summed E-state index contributed by atoms with van der Waals surface area (Å²) in [6.45, 7) is 11.8. The molecule has 0 saturated carbocycles. The van der Waals surface area contributed by atoms with Crippen molar-refractivity contribution in [2.24, 2.45) is 0 Å². The Morgan fingerprint density at radius 1 is 1.40 bits per heavy atom. The van der Waals surface area contributed by atoms with Crippen molar-refractivity contribution in [3.8, 4) is 0 Å². The fraction of sp³-hybridized carbons (Fsp3) is 0.400. The van der Waals surface area contributed by atoms with E-state index in [0.717, 1.165) is 23.6 Å². The van der Waals surface area contributed by atoms with E-state index >= 15 is 0 Å². The lowest BCUT2D eigenvalue weighted by Crippen LogP contribution is -2.22. The minimum absolute atomic E-state index is 0.264. The minimum Gasteiger partial charge on any atom is -0.360 e. The van der Waals surface area contributed by atoms with E-state index in [-0.39, 0.29) is 5.82 Å². The van der Waals surface area contributed by atoms with Crippen LogP contribution in [0.4, 0.5) is 4.39 Å². The molecule has 1 aromatic heterocycles. The number of rotatable bonds is 6. The number of ether oxygens (including phenoxy) is 1. The third-order valence-corrected chi connectivity index (χ3v) is 4.85. The van der Waals surface area contributed by atoms with Gasteiger partial charge >= 0.3 is 0 Å². The molecule has 1 heterocycles. The summed E-state index contributed by atoms with van der Waals surface area (Å²) >= 11 is 0. The molecule has 0 bridgehead atoms. The van der Waals surface area contributed by atoms with E-state index in [2.05, 4.69) is 31.3 Å². The van der Waals surface area contributed by atoms with Crippen LogP contribution >= 0.6 is 0 Å². The highest BCUT2D eigenvalue weighted by atomic mass is 28.3. The summed E-state index contributed by atoms with van der Waals surface area (Å²) in [4.78, 5) is 0. The average molecular weight is 292 g/mol. The lowest BCUT2D eigenvalue weighted by Gasteiger charge is -2.15. The Morgan fingerprint density at radius 3 is 2.80 bits per heavy atom. The number of fused-ring (bicyclic) bond motifs is 1. The summed E-state index contributed by atoms with van der Waals surface area (Å²) in [6.07, 6.45) is 1.64. The van der Waals surface area contributed by atoms with Crippen molar-refractivity contribution >= 4 is 25.1 Å². The van der Waals surface area contributed by atoms with E-state index < -0.39 is 8.07 Å². The van der Waals surface area contributed by atoms with Crippen molar-refractivity contribution in [1.82, 2.24) is 9.78 Å². The topological polar surface area (TPSA) is 27.1 Å². The number of hydrogen-bond acceptors (Lipinski definition) is 2. The summed E-state index contributed by atoms with van der Waals surface area (Å²) in [5.41, 5.74) is 1.56. The molecule has 1 aromatic carbocycles. The molecule has 0 aliphatic carbocycles. The highest BCUT2D eigenvalue weighted by Crippen LogP contribution is 2.21. The molecular formula is C15H21FN2OSi. The van der Waals surface area contributed by atoms with Crippen molar-refractivity contribution in [1.29, 1.82) is 0 Å². The first kappa shape index (κ1) is 14.9. The molecule has 108 valence electrons. The van der Waals surface area contributed by atoms with Crippen molar-refractivity contribution in [2.75, 3.05) is 6.61 Å². The Bertz CT molecular complexity index is 616. The largest absolute Gasteiger partial charge is 0.360 e. The van der Waals surface area contributed by atoms with E-state index in [1.165, 1.54) is 12.1 Å². The molecular weight excluding hydrogens is 271 g/mol. The highest BCUT2D eigenvalue weighted by Gasteiger charge is 2.13. The normalized spacial score (nSPS) is 12.0. The third kappa shape index (κ3) is 3.55. The van der Waals surface area contributed by atoms with Gasteiger partial charge in [0.2, 0.25) is 0 Å². The molecule has 0 aliphatic rings. The Morgan fingerprint density at radius 2 is 2.15 bits per heavy atom. The first-order valence-electron chi connectivity index (χ1n) is 6.77. The molecule has 3 nitrogen and oxygen atoms in total. The molecule has 0 spiro atoms. The van der Waals surface area contributed by atoms with Gasteiger partial charge in [-0.25, -0.2) is 9.07 Å². The van der Waals surface area contributed by atoms with E-state index in [1.807, 2.05) is 0 Å². The zero-order valence-corrected chi connectivity index (χ0v) is 13.3. The van der Waals surface area contributed by atoms with Crippen LogP contribution in [0.3, 0.4) is 0 Å². The SMILES string of the molecule is C=Cc1nn(COCC[Si](C)(C)C)c2ccc(F)cc12. The van der Waals surface area contributed by atoms with Crippen molar-refractivity contribution < 1.29 is 9.13 Å². The van der Waals surface area contributed by atoms with Gasteiger partial charge in [0.05, 0.1) is 11.2 Å². The molecule has 2 rings (SSSR count). The molecule has 0 aliphatic heterocycles. The van der Waals surface area contributed by atoms with Gasteiger partial charge in [-0.15, -0.1) is 0 Å². The predicted octanol–water partition coefficient (Wildman–Crippen LogP) is 4.13. The fourth-order valence-electron chi connectivity index (χ4n) is 1.95. The lowest BCUT2D eigenvalue weighted by molar-refractivity contribution is 0.0816. The van der Waals surface area contributed by atoms with Gasteiger partial charge in [0.25, 0.3) is 0 Å².